The molecule has 1 aliphatic carbocycles. The first-order valence-corrected chi connectivity index (χ1v) is 7.16. The summed E-state index contributed by atoms with van der Waals surface area (Å²) in [4.78, 5) is 0. The number of hydrogen-bond donors (Lipinski definition) is 1. The first-order valence-electron chi connectivity index (χ1n) is 5.54. The second kappa shape index (κ2) is 4.75. The molecular weight excluding hydrogens is 194 g/mol. The molecule has 1 saturated carbocycles. The second-order valence-corrected chi connectivity index (χ2v) is 6.60. The molecule has 3 unspecified atom stereocenters. The van der Waals surface area contributed by atoms with Crippen molar-refractivity contribution in [1.29, 1.82) is 0 Å². The molecule has 0 amide bonds. The topological polar surface area (TPSA) is 29.1 Å². The van der Waals surface area contributed by atoms with Crippen molar-refractivity contribution in [2.75, 3.05) is 12.8 Å². The number of rotatable bonds is 4. The summed E-state index contributed by atoms with van der Waals surface area (Å²) in [6, 6.07) is 0.438. The molecule has 0 heterocycles. The van der Waals surface area contributed by atoms with E-state index in [9.17, 15) is 4.21 Å². The maximum Gasteiger partial charge on any atom is 0.0503 e. The zero-order valence-corrected chi connectivity index (χ0v) is 10.6. The van der Waals surface area contributed by atoms with Crippen molar-refractivity contribution < 1.29 is 4.21 Å². The highest BCUT2D eigenvalue weighted by Crippen LogP contribution is 2.39. The summed E-state index contributed by atoms with van der Waals surface area (Å²) in [6.07, 6.45) is 5.29. The van der Waals surface area contributed by atoms with E-state index < -0.39 is 10.8 Å². The van der Waals surface area contributed by atoms with Crippen LogP contribution in [0.3, 0.4) is 0 Å². The molecule has 2 nitrogen and oxygen atoms in total. The molecule has 0 saturated heterocycles. The normalized spacial score (nSPS) is 33.1. The smallest absolute Gasteiger partial charge is 0.0503 e. The van der Waals surface area contributed by atoms with Crippen LogP contribution in [0.4, 0.5) is 0 Å². The Morgan fingerprint density at radius 1 is 1.50 bits per heavy atom. The predicted octanol–water partition coefficient (Wildman–Crippen LogP) is 1.92. The summed E-state index contributed by atoms with van der Waals surface area (Å²) >= 11 is 0. The summed E-state index contributed by atoms with van der Waals surface area (Å²) in [5, 5.41) is 3.92. The fourth-order valence-electron chi connectivity index (χ4n) is 2.40. The molecule has 0 radical (unpaired) electrons. The van der Waals surface area contributed by atoms with E-state index >= 15 is 0 Å². The van der Waals surface area contributed by atoms with Crippen molar-refractivity contribution in [1.82, 2.24) is 5.32 Å². The molecule has 0 spiro atoms. The molecule has 1 fully saturated rings. The third kappa shape index (κ3) is 2.57. The van der Waals surface area contributed by atoms with Gasteiger partial charge in [-0.15, -0.1) is 0 Å². The van der Waals surface area contributed by atoms with E-state index in [0.717, 1.165) is 19.4 Å². The highest BCUT2D eigenvalue weighted by molar-refractivity contribution is 7.85. The average Bonchev–Trinajstić information content (AvgIpc) is 2.38. The van der Waals surface area contributed by atoms with Gasteiger partial charge in [0.2, 0.25) is 0 Å². The zero-order chi connectivity index (χ0) is 10.8. The van der Waals surface area contributed by atoms with Gasteiger partial charge in [-0.3, -0.25) is 4.21 Å². The van der Waals surface area contributed by atoms with Gasteiger partial charge in [0.05, 0.1) is 5.25 Å². The molecule has 0 bridgehead atoms. The van der Waals surface area contributed by atoms with Crippen LogP contribution in [0.25, 0.3) is 0 Å². The third-order valence-electron chi connectivity index (χ3n) is 3.33. The molecule has 1 aliphatic rings. The Balaban J connectivity index is 2.66. The standard InChI is InChI=1S/C11H23NOS/c1-5-8-12-10-9(14(4)13)6-7-11(10,2)3/h9-10,12H,5-8H2,1-4H3. The van der Waals surface area contributed by atoms with Gasteiger partial charge in [-0.05, 0) is 31.2 Å². The summed E-state index contributed by atoms with van der Waals surface area (Å²) in [5.41, 5.74) is 0.311. The van der Waals surface area contributed by atoms with Gasteiger partial charge in [0.25, 0.3) is 0 Å². The number of nitrogens with one attached hydrogen (secondary N) is 1. The van der Waals surface area contributed by atoms with Crippen LogP contribution in [-0.4, -0.2) is 28.3 Å². The van der Waals surface area contributed by atoms with Crippen molar-refractivity contribution >= 4 is 10.8 Å². The van der Waals surface area contributed by atoms with E-state index in [1.165, 1.54) is 6.42 Å². The summed E-state index contributed by atoms with van der Waals surface area (Å²) < 4.78 is 11.6. The zero-order valence-electron chi connectivity index (χ0n) is 9.80. The minimum absolute atomic E-state index is 0.311. The molecule has 0 aliphatic heterocycles. The van der Waals surface area contributed by atoms with Crippen LogP contribution in [0.15, 0.2) is 0 Å². The minimum Gasteiger partial charge on any atom is -0.312 e. The molecule has 0 aromatic heterocycles. The van der Waals surface area contributed by atoms with Crippen LogP contribution in [-0.2, 0) is 10.8 Å². The van der Waals surface area contributed by atoms with E-state index in [1.54, 1.807) is 0 Å². The fourth-order valence-corrected chi connectivity index (χ4v) is 3.70. The molecular formula is C11H23NOS. The van der Waals surface area contributed by atoms with Gasteiger partial charge in [-0.2, -0.15) is 0 Å². The Bertz CT molecular complexity index is 215. The quantitative estimate of drug-likeness (QED) is 0.779. The molecule has 1 rings (SSSR count). The van der Waals surface area contributed by atoms with Gasteiger partial charge in [-0.1, -0.05) is 20.8 Å². The van der Waals surface area contributed by atoms with Gasteiger partial charge in [0.15, 0.2) is 0 Å². The van der Waals surface area contributed by atoms with Crippen molar-refractivity contribution in [2.24, 2.45) is 5.41 Å². The maximum absolute atomic E-state index is 11.6. The lowest BCUT2D eigenvalue weighted by atomic mass is 9.87. The van der Waals surface area contributed by atoms with Crippen LogP contribution in [0.5, 0.6) is 0 Å². The van der Waals surface area contributed by atoms with Crippen LogP contribution < -0.4 is 5.32 Å². The van der Waals surface area contributed by atoms with Gasteiger partial charge in [0.1, 0.15) is 0 Å². The molecule has 3 atom stereocenters. The first-order chi connectivity index (χ1) is 6.49. The van der Waals surface area contributed by atoms with E-state index in [0.29, 0.717) is 16.7 Å². The maximum atomic E-state index is 11.6. The van der Waals surface area contributed by atoms with Crippen LogP contribution in [0.2, 0.25) is 0 Å². The van der Waals surface area contributed by atoms with Gasteiger partial charge < -0.3 is 5.32 Å². The SMILES string of the molecule is CCCNC1C(S(C)=O)CCC1(C)C. The Labute approximate surface area is 90.3 Å². The number of hydrogen-bond acceptors (Lipinski definition) is 2. The van der Waals surface area contributed by atoms with Crippen molar-refractivity contribution in [2.45, 2.75) is 51.3 Å². The van der Waals surface area contributed by atoms with Crippen molar-refractivity contribution in [3.63, 3.8) is 0 Å². The highest BCUT2D eigenvalue weighted by Gasteiger charge is 2.43. The van der Waals surface area contributed by atoms with E-state index in [2.05, 4.69) is 26.1 Å². The van der Waals surface area contributed by atoms with Crippen molar-refractivity contribution in [3.8, 4) is 0 Å². The monoisotopic (exact) mass is 217 g/mol. The fraction of sp³-hybridized carbons (Fsp3) is 1.00. The van der Waals surface area contributed by atoms with Gasteiger partial charge >= 0.3 is 0 Å². The molecule has 0 aromatic rings. The highest BCUT2D eigenvalue weighted by atomic mass is 32.2. The molecule has 3 heteroatoms. The summed E-state index contributed by atoms with van der Waals surface area (Å²) in [6.45, 7) is 7.79. The average molecular weight is 217 g/mol. The first kappa shape index (κ1) is 12.2. The lowest BCUT2D eigenvalue weighted by molar-refractivity contribution is 0.286. The Kier molecular flexibility index (Phi) is 4.14. The largest absolute Gasteiger partial charge is 0.312 e. The van der Waals surface area contributed by atoms with Gasteiger partial charge in [0, 0.05) is 23.1 Å². The second-order valence-electron chi connectivity index (χ2n) is 5.00. The predicted molar refractivity (Wildman–Crippen MR) is 63.0 cm³/mol. The van der Waals surface area contributed by atoms with Gasteiger partial charge in [-0.25, -0.2) is 0 Å². The Hall–Kier alpha value is 0.110. The molecule has 14 heavy (non-hydrogen) atoms. The van der Waals surface area contributed by atoms with Crippen LogP contribution in [0.1, 0.15) is 40.0 Å². The third-order valence-corrected chi connectivity index (χ3v) is 4.69. The van der Waals surface area contributed by atoms with E-state index in [-0.39, 0.29) is 0 Å². The van der Waals surface area contributed by atoms with Crippen LogP contribution in [0, 0.1) is 5.41 Å². The lowest BCUT2D eigenvalue weighted by Crippen LogP contribution is -2.46. The van der Waals surface area contributed by atoms with E-state index in [1.807, 2.05) is 6.26 Å². The molecule has 1 N–H and O–H groups in total. The lowest BCUT2D eigenvalue weighted by Gasteiger charge is -2.30. The van der Waals surface area contributed by atoms with E-state index in [4.69, 9.17) is 0 Å². The summed E-state index contributed by atoms with van der Waals surface area (Å²) in [7, 11) is -0.684. The minimum atomic E-state index is -0.684. The Morgan fingerprint density at radius 2 is 2.14 bits per heavy atom. The molecule has 0 aromatic carbocycles. The summed E-state index contributed by atoms with van der Waals surface area (Å²) in [5.74, 6) is 0. The molecule has 84 valence electrons. The Morgan fingerprint density at radius 3 is 2.64 bits per heavy atom. The van der Waals surface area contributed by atoms with Crippen LogP contribution >= 0.6 is 0 Å². The van der Waals surface area contributed by atoms with Crippen molar-refractivity contribution in [3.05, 3.63) is 0 Å².